The molecule has 1 fully saturated rings. The van der Waals surface area contributed by atoms with Crippen LogP contribution < -0.4 is 5.73 Å². The summed E-state index contributed by atoms with van der Waals surface area (Å²) in [6, 6.07) is 4.28. The summed E-state index contributed by atoms with van der Waals surface area (Å²) < 4.78 is 0. The first-order valence-electron chi connectivity index (χ1n) is 5.74. The summed E-state index contributed by atoms with van der Waals surface area (Å²) in [6.45, 7) is 3.66. The number of hydrogen-bond acceptors (Lipinski definition) is 3. The van der Waals surface area contributed by atoms with Crippen molar-refractivity contribution in [2.75, 3.05) is 13.1 Å². The van der Waals surface area contributed by atoms with E-state index in [2.05, 4.69) is 13.0 Å². The average molecular weight is 238 g/mol. The van der Waals surface area contributed by atoms with Crippen molar-refractivity contribution in [3.8, 4) is 0 Å². The van der Waals surface area contributed by atoms with Crippen LogP contribution in [0.3, 0.4) is 0 Å². The second-order valence-corrected chi connectivity index (χ2v) is 5.80. The molecule has 2 heterocycles. The van der Waals surface area contributed by atoms with Crippen LogP contribution in [0.4, 0.5) is 0 Å². The zero-order valence-corrected chi connectivity index (χ0v) is 10.4. The maximum absolute atomic E-state index is 12.0. The quantitative estimate of drug-likeness (QED) is 0.849. The molecule has 2 rings (SSSR count). The molecule has 0 aromatic carbocycles. The number of nitrogens with two attached hydrogens (primary N) is 1. The van der Waals surface area contributed by atoms with Crippen molar-refractivity contribution < 1.29 is 4.79 Å². The van der Waals surface area contributed by atoms with Crippen molar-refractivity contribution >= 4 is 17.2 Å². The molecule has 1 aliphatic rings. The molecule has 1 amide bonds. The van der Waals surface area contributed by atoms with Gasteiger partial charge in [-0.1, -0.05) is 0 Å². The molecular weight excluding hydrogens is 220 g/mol. The number of likely N-dealkylation sites (tertiary alicyclic amines) is 1. The number of aryl methyl sites for hydroxylation is 1. The summed E-state index contributed by atoms with van der Waals surface area (Å²) in [7, 11) is 0. The number of amides is 1. The van der Waals surface area contributed by atoms with Crippen LogP contribution in [-0.2, 0) is 11.2 Å². The number of piperidine rings is 1. The summed E-state index contributed by atoms with van der Waals surface area (Å²) in [5.74, 6) is 0.219. The van der Waals surface area contributed by atoms with Gasteiger partial charge in [-0.25, -0.2) is 0 Å². The van der Waals surface area contributed by atoms with E-state index in [0.717, 1.165) is 30.8 Å². The number of hydrogen-bond donors (Lipinski definition) is 1. The van der Waals surface area contributed by atoms with E-state index in [1.807, 2.05) is 11.0 Å². The van der Waals surface area contributed by atoms with Crippen LogP contribution in [0.15, 0.2) is 12.1 Å². The molecule has 1 unspecified atom stereocenters. The standard InChI is InChI=1S/C12H18N2OS/c1-9-4-5-11(16-9)7-12(15)14-6-2-3-10(13)8-14/h4-5,10H,2-3,6-8,13H2,1H3. The van der Waals surface area contributed by atoms with E-state index in [-0.39, 0.29) is 11.9 Å². The van der Waals surface area contributed by atoms with E-state index in [0.29, 0.717) is 6.42 Å². The largest absolute Gasteiger partial charge is 0.341 e. The molecule has 0 spiro atoms. The monoisotopic (exact) mass is 238 g/mol. The van der Waals surface area contributed by atoms with Gasteiger partial charge < -0.3 is 10.6 Å². The summed E-state index contributed by atoms with van der Waals surface area (Å²) in [5.41, 5.74) is 5.87. The summed E-state index contributed by atoms with van der Waals surface area (Å²) in [6.07, 6.45) is 2.61. The topological polar surface area (TPSA) is 46.3 Å². The average Bonchev–Trinajstić information content (AvgIpc) is 2.64. The van der Waals surface area contributed by atoms with E-state index in [9.17, 15) is 4.79 Å². The van der Waals surface area contributed by atoms with Gasteiger partial charge in [0.2, 0.25) is 5.91 Å². The first-order valence-corrected chi connectivity index (χ1v) is 6.55. The Morgan fingerprint density at radius 2 is 2.44 bits per heavy atom. The van der Waals surface area contributed by atoms with Crippen molar-refractivity contribution in [3.05, 3.63) is 21.9 Å². The van der Waals surface area contributed by atoms with Gasteiger partial charge in [0.05, 0.1) is 6.42 Å². The highest BCUT2D eigenvalue weighted by Crippen LogP contribution is 2.17. The van der Waals surface area contributed by atoms with Crippen LogP contribution in [0.2, 0.25) is 0 Å². The van der Waals surface area contributed by atoms with E-state index in [4.69, 9.17) is 5.73 Å². The van der Waals surface area contributed by atoms with Crippen molar-refractivity contribution in [2.24, 2.45) is 5.73 Å². The molecule has 1 aromatic rings. The van der Waals surface area contributed by atoms with E-state index in [1.54, 1.807) is 11.3 Å². The van der Waals surface area contributed by atoms with Gasteiger partial charge in [-0.2, -0.15) is 0 Å². The Bertz CT molecular complexity index is 375. The lowest BCUT2D eigenvalue weighted by Crippen LogP contribution is -2.46. The maximum atomic E-state index is 12.0. The SMILES string of the molecule is Cc1ccc(CC(=O)N2CCCC(N)C2)s1. The third-order valence-electron chi connectivity index (χ3n) is 2.93. The molecule has 1 aromatic heterocycles. The number of thiophene rings is 1. The van der Waals surface area contributed by atoms with Crippen molar-refractivity contribution in [1.82, 2.24) is 4.90 Å². The Labute approximate surface area is 100 Å². The molecular formula is C12H18N2OS. The first-order chi connectivity index (χ1) is 7.65. The molecule has 4 heteroatoms. The number of carbonyl (C=O) groups excluding carboxylic acids is 1. The fourth-order valence-electron chi connectivity index (χ4n) is 2.08. The lowest BCUT2D eigenvalue weighted by Gasteiger charge is -2.30. The molecule has 0 aliphatic carbocycles. The van der Waals surface area contributed by atoms with Crippen LogP contribution in [-0.4, -0.2) is 29.9 Å². The van der Waals surface area contributed by atoms with Gasteiger partial charge >= 0.3 is 0 Å². The zero-order valence-electron chi connectivity index (χ0n) is 9.61. The molecule has 1 saturated heterocycles. The lowest BCUT2D eigenvalue weighted by atomic mass is 10.1. The minimum atomic E-state index is 0.169. The van der Waals surface area contributed by atoms with Crippen molar-refractivity contribution in [3.63, 3.8) is 0 Å². The molecule has 2 N–H and O–H groups in total. The van der Waals surface area contributed by atoms with Crippen LogP contribution >= 0.6 is 11.3 Å². The van der Waals surface area contributed by atoms with Crippen LogP contribution in [0, 0.1) is 6.92 Å². The maximum Gasteiger partial charge on any atom is 0.227 e. The molecule has 0 bridgehead atoms. The third-order valence-corrected chi connectivity index (χ3v) is 3.93. The Morgan fingerprint density at radius 1 is 1.62 bits per heavy atom. The fourth-order valence-corrected chi connectivity index (χ4v) is 2.96. The second kappa shape index (κ2) is 4.97. The van der Waals surface area contributed by atoms with Gasteiger partial charge in [0, 0.05) is 28.9 Å². The van der Waals surface area contributed by atoms with Crippen LogP contribution in [0.5, 0.6) is 0 Å². The normalized spacial score (nSPS) is 21.1. The van der Waals surface area contributed by atoms with Gasteiger partial charge in [0.1, 0.15) is 0 Å². The smallest absolute Gasteiger partial charge is 0.227 e. The fraction of sp³-hybridized carbons (Fsp3) is 0.583. The molecule has 3 nitrogen and oxygen atoms in total. The Hall–Kier alpha value is -0.870. The van der Waals surface area contributed by atoms with Crippen LogP contribution in [0.1, 0.15) is 22.6 Å². The highest BCUT2D eigenvalue weighted by molar-refractivity contribution is 7.12. The second-order valence-electron chi connectivity index (χ2n) is 4.43. The number of rotatable bonds is 2. The zero-order chi connectivity index (χ0) is 11.5. The molecule has 0 radical (unpaired) electrons. The van der Waals surface area contributed by atoms with Gasteiger partial charge in [-0.3, -0.25) is 4.79 Å². The van der Waals surface area contributed by atoms with E-state index in [1.165, 1.54) is 4.88 Å². The lowest BCUT2D eigenvalue weighted by molar-refractivity contribution is -0.131. The molecule has 0 saturated carbocycles. The highest BCUT2D eigenvalue weighted by Gasteiger charge is 2.21. The Balaban J connectivity index is 1.92. The third kappa shape index (κ3) is 2.83. The predicted octanol–water partition coefficient (Wildman–Crippen LogP) is 1.55. The first kappa shape index (κ1) is 11.6. The van der Waals surface area contributed by atoms with Crippen molar-refractivity contribution in [2.45, 2.75) is 32.2 Å². The predicted molar refractivity (Wildman–Crippen MR) is 66.5 cm³/mol. The van der Waals surface area contributed by atoms with Gasteiger partial charge in [0.25, 0.3) is 0 Å². The van der Waals surface area contributed by atoms with E-state index >= 15 is 0 Å². The van der Waals surface area contributed by atoms with E-state index < -0.39 is 0 Å². The number of carbonyl (C=O) groups is 1. The Morgan fingerprint density at radius 3 is 3.06 bits per heavy atom. The minimum absolute atomic E-state index is 0.169. The van der Waals surface area contributed by atoms with Gasteiger partial charge in [0.15, 0.2) is 0 Å². The van der Waals surface area contributed by atoms with Crippen LogP contribution in [0.25, 0.3) is 0 Å². The Kier molecular flexibility index (Phi) is 3.61. The van der Waals surface area contributed by atoms with Crippen molar-refractivity contribution in [1.29, 1.82) is 0 Å². The molecule has 1 atom stereocenters. The molecule has 88 valence electrons. The highest BCUT2D eigenvalue weighted by atomic mass is 32.1. The minimum Gasteiger partial charge on any atom is -0.341 e. The number of nitrogens with zero attached hydrogens (tertiary/aromatic N) is 1. The van der Waals surface area contributed by atoms with Gasteiger partial charge in [-0.05, 0) is 31.9 Å². The molecule has 16 heavy (non-hydrogen) atoms. The summed E-state index contributed by atoms with van der Waals surface area (Å²) in [5, 5.41) is 0. The molecule has 1 aliphatic heterocycles. The summed E-state index contributed by atoms with van der Waals surface area (Å²) >= 11 is 1.70. The van der Waals surface area contributed by atoms with Gasteiger partial charge in [-0.15, -0.1) is 11.3 Å². The summed E-state index contributed by atoms with van der Waals surface area (Å²) in [4.78, 5) is 16.3.